The minimum Gasteiger partial charge on any atom is -0.382 e. The summed E-state index contributed by atoms with van der Waals surface area (Å²) in [5.74, 6) is 0.226. The van der Waals surface area contributed by atoms with Crippen LogP contribution in [0.2, 0.25) is 0 Å². The van der Waals surface area contributed by atoms with E-state index in [9.17, 15) is 4.79 Å². The molecule has 0 aromatic carbocycles. The van der Waals surface area contributed by atoms with Crippen LogP contribution in [-0.2, 0) is 19.0 Å². The van der Waals surface area contributed by atoms with Gasteiger partial charge in [0.1, 0.15) is 6.61 Å². The molecule has 0 saturated carbocycles. The van der Waals surface area contributed by atoms with Crippen LogP contribution in [0, 0.1) is 5.92 Å². The fraction of sp³-hybridized carbons (Fsp3) is 0.917. The van der Waals surface area contributed by atoms with E-state index in [-0.39, 0.29) is 18.6 Å². The maximum atomic E-state index is 11.6. The molecule has 0 rings (SSSR count). The first-order chi connectivity index (χ1) is 8.11. The molecule has 0 spiro atoms. The van der Waals surface area contributed by atoms with Crippen LogP contribution in [0.5, 0.6) is 0 Å². The zero-order valence-electron chi connectivity index (χ0n) is 11.3. The molecule has 0 aromatic heterocycles. The van der Waals surface area contributed by atoms with Gasteiger partial charge in [-0.2, -0.15) is 0 Å². The van der Waals surface area contributed by atoms with Crippen molar-refractivity contribution in [3.05, 3.63) is 0 Å². The predicted molar refractivity (Wildman–Crippen MR) is 66.0 cm³/mol. The number of nitrogens with one attached hydrogen (secondary N) is 1. The van der Waals surface area contributed by atoms with Crippen molar-refractivity contribution in [2.45, 2.75) is 26.8 Å². The Morgan fingerprint density at radius 3 is 2.47 bits per heavy atom. The molecule has 0 fully saturated rings. The minimum absolute atomic E-state index is 0.0356. The Hall–Kier alpha value is -0.650. The molecule has 0 aliphatic heterocycles. The molecule has 1 unspecified atom stereocenters. The molecule has 1 amide bonds. The first-order valence-corrected chi connectivity index (χ1v) is 6.05. The van der Waals surface area contributed by atoms with Gasteiger partial charge in [-0.25, -0.2) is 0 Å². The average molecular weight is 247 g/mol. The summed E-state index contributed by atoms with van der Waals surface area (Å²) >= 11 is 0. The van der Waals surface area contributed by atoms with Gasteiger partial charge >= 0.3 is 0 Å². The smallest absolute Gasteiger partial charge is 0.246 e. The van der Waals surface area contributed by atoms with Crippen molar-refractivity contribution in [3.63, 3.8) is 0 Å². The lowest BCUT2D eigenvalue weighted by Crippen LogP contribution is -2.43. The number of carbonyl (C=O) groups is 1. The molecule has 0 aliphatic rings. The first kappa shape index (κ1) is 16.4. The quantitative estimate of drug-likeness (QED) is 0.581. The van der Waals surface area contributed by atoms with E-state index < -0.39 is 0 Å². The van der Waals surface area contributed by atoms with Crippen molar-refractivity contribution in [2.24, 2.45) is 5.92 Å². The van der Waals surface area contributed by atoms with Gasteiger partial charge in [0.05, 0.1) is 25.9 Å². The molecule has 0 saturated heterocycles. The third kappa shape index (κ3) is 9.09. The fourth-order valence-corrected chi connectivity index (χ4v) is 1.20. The lowest BCUT2D eigenvalue weighted by Gasteiger charge is -2.22. The minimum atomic E-state index is -0.112. The van der Waals surface area contributed by atoms with Crippen LogP contribution >= 0.6 is 0 Å². The molecule has 1 N–H and O–H groups in total. The third-order valence-electron chi connectivity index (χ3n) is 2.32. The molecule has 0 radical (unpaired) electrons. The maximum absolute atomic E-state index is 11.6. The Kier molecular flexibility index (Phi) is 10.1. The number of carbonyl (C=O) groups excluding carboxylic acids is 1. The van der Waals surface area contributed by atoms with Crippen molar-refractivity contribution in [1.29, 1.82) is 0 Å². The SMILES string of the molecule is CCOCC(NC(=O)COCCOC)C(C)C. The van der Waals surface area contributed by atoms with Gasteiger partial charge in [-0.3, -0.25) is 4.79 Å². The molecule has 1 atom stereocenters. The van der Waals surface area contributed by atoms with Crippen molar-refractivity contribution >= 4 is 5.91 Å². The highest BCUT2D eigenvalue weighted by Gasteiger charge is 2.16. The van der Waals surface area contributed by atoms with Crippen LogP contribution in [0.4, 0.5) is 0 Å². The van der Waals surface area contributed by atoms with Gasteiger partial charge in [0.15, 0.2) is 0 Å². The topological polar surface area (TPSA) is 56.8 Å². The number of amides is 1. The summed E-state index contributed by atoms with van der Waals surface area (Å²) in [5.41, 5.74) is 0. The van der Waals surface area contributed by atoms with Gasteiger partial charge in [-0.05, 0) is 12.8 Å². The summed E-state index contributed by atoms with van der Waals surface area (Å²) in [6.45, 7) is 8.24. The molecule has 102 valence electrons. The number of hydrogen-bond donors (Lipinski definition) is 1. The molecule has 0 bridgehead atoms. The van der Waals surface area contributed by atoms with E-state index in [0.717, 1.165) is 0 Å². The third-order valence-corrected chi connectivity index (χ3v) is 2.32. The van der Waals surface area contributed by atoms with Crippen LogP contribution in [-0.4, -0.2) is 52.1 Å². The van der Waals surface area contributed by atoms with E-state index in [4.69, 9.17) is 14.2 Å². The van der Waals surface area contributed by atoms with Crippen molar-refractivity contribution in [2.75, 3.05) is 40.1 Å². The normalized spacial score (nSPS) is 12.8. The van der Waals surface area contributed by atoms with Gasteiger partial charge in [-0.1, -0.05) is 13.8 Å². The highest BCUT2D eigenvalue weighted by molar-refractivity contribution is 5.77. The zero-order valence-corrected chi connectivity index (χ0v) is 11.3. The Morgan fingerprint density at radius 2 is 1.94 bits per heavy atom. The van der Waals surface area contributed by atoms with Crippen LogP contribution in [0.1, 0.15) is 20.8 Å². The molecular weight excluding hydrogens is 222 g/mol. The number of hydrogen-bond acceptors (Lipinski definition) is 4. The van der Waals surface area contributed by atoms with Crippen LogP contribution in [0.15, 0.2) is 0 Å². The molecule has 17 heavy (non-hydrogen) atoms. The van der Waals surface area contributed by atoms with Crippen LogP contribution in [0.25, 0.3) is 0 Å². The van der Waals surface area contributed by atoms with Gasteiger partial charge in [0.25, 0.3) is 0 Å². The highest BCUT2D eigenvalue weighted by Crippen LogP contribution is 2.02. The fourth-order valence-electron chi connectivity index (χ4n) is 1.20. The van der Waals surface area contributed by atoms with E-state index >= 15 is 0 Å². The van der Waals surface area contributed by atoms with E-state index in [2.05, 4.69) is 19.2 Å². The number of methoxy groups -OCH3 is 1. The summed E-state index contributed by atoms with van der Waals surface area (Å²) in [6, 6.07) is 0.0356. The molecule has 0 heterocycles. The summed E-state index contributed by atoms with van der Waals surface area (Å²) in [4.78, 5) is 11.6. The van der Waals surface area contributed by atoms with Gasteiger partial charge in [-0.15, -0.1) is 0 Å². The predicted octanol–water partition coefficient (Wildman–Crippen LogP) is 0.827. The second-order valence-electron chi connectivity index (χ2n) is 4.12. The van der Waals surface area contributed by atoms with Crippen molar-refractivity contribution in [1.82, 2.24) is 5.32 Å². The van der Waals surface area contributed by atoms with Crippen LogP contribution in [0.3, 0.4) is 0 Å². The molecule has 5 nitrogen and oxygen atoms in total. The monoisotopic (exact) mass is 247 g/mol. The Morgan fingerprint density at radius 1 is 1.24 bits per heavy atom. The highest BCUT2D eigenvalue weighted by atomic mass is 16.5. The zero-order chi connectivity index (χ0) is 13.1. The van der Waals surface area contributed by atoms with Crippen molar-refractivity contribution in [3.8, 4) is 0 Å². The molecule has 0 aliphatic carbocycles. The summed E-state index contributed by atoms with van der Waals surface area (Å²) < 4.78 is 15.3. The van der Waals surface area contributed by atoms with Crippen molar-refractivity contribution < 1.29 is 19.0 Å². The lowest BCUT2D eigenvalue weighted by molar-refractivity contribution is -0.127. The summed E-state index contributed by atoms with van der Waals surface area (Å²) in [6.07, 6.45) is 0. The van der Waals surface area contributed by atoms with E-state index in [1.54, 1.807) is 7.11 Å². The second-order valence-corrected chi connectivity index (χ2v) is 4.12. The Balaban J connectivity index is 3.79. The summed E-state index contributed by atoms with van der Waals surface area (Å²) in [7, 11) is 1.60. The average Bonchev–Trinajstić information content (AvgIpc) is 2.29. The first-order valence-electron chi connectivity index (χ1n) is 6.05. The van der Waals surface area contributed by atoms with Gasteiger partial charge < -0.3 is 19.5 Å². The maximum Gasteiger partial charge on any atom is 0.246 e. The number of ether oxygens (including phenoxy) is 3. The van der Waals surface area contributed by atoms with Crippen LogP contribution < -0.4 is 5.32 Å². The van der Waals surface area contributed by atoms with Gasteiger partial charge in [0, 0.05) is 13.7 Å². The standard InChI is InChI=1S/C12H25NO4/c1-5-16-8-11(10(2)3)13-12(14)9-17-7-6-15-4/h10-11H,5-9H2,1-4H3,(H,13,14). The largest absolute Gasteiger partial charge is 0.382 e. The molecule has 5 heteroatoms. The lowest BCUT2D eigenvalue weighted by atomic mass is 10.1. The van der Waals surface area contributed by atoms with E-state index in [0.29, 0.717) is 32.3 Å². The molecule has 0 aromatic rings. The van der Waals surface area contributed by atoms with Gasteiger partial charge in [0.2, 0.25) is 5.91 Å². The molecular formula is C12H25NO4. The Bertz CT molecular complexity index is 197. The summed E-state index contributed by atoms with van der Waals surface area (Å²) in [5, 5.41) is 2.90. The van der Waals surface area contributed by atoms with E-state index in [1.165, 1.54) is 0 Å². The second kappa shape index (κ2) is 10.5. The number of rotatable bonds is 10. The Labute approximate surface area is 104 Å². The van der Waals surface area contributed by atoms with E-state index in [1.807, 2.05) is 6.92 Å².